The molecule has 0 saturated carbocycles. The first-order chi connectivity index (χ1) is 14.5. The minimum atomic E-state index is 0.372. The van der Waals surface area contributed by atoms with Gasteiger partial charge in [-0.15, -0.1) is 0 Å². The fraction of sp³-hybridized carbons (Fsp3) is 0.583. The van der Waals surface area contributed by atoms with E-state index in [1.54, 1.807) is 0 Å². The van der Waals surface area contributed by atoms with Crippen molar-refractivity contribution in [2.75, 3.05) is 39.8 Å². The smallest absolute Gasteiger partial charge is 0.0572 e. The van der Waals surface area contributed by atoms with Gasteiger partial charge in [0.05, 0.1) is 6.10 Å². The van der Waals surface area contributed by atoms with Crippen molar-refractivity contribution in [2.24, 2.45) is 11.8 Å². The molecule has 0 radical (unpaired) electrons. The van der Waals surface area contributed by atoms with Crippen molar-refractivity contribution in [3.63, 3.8) is 0 Å². The lowest BCUT2D eigenvalue weighted by Gasteiger charge is -2.36. The summed E-state index contributed by atoms with van der Waals surface area (Å²) in [4.78, 5) is 5.25. The van der Waals surface area contributed by atoms with E-state index in [1.807, 2.05) is 30.6 Å². The number of hydrogen-bond donors (Lipinski definition) is 0. The van der Waals surface area contributed by atoms with E-state index in [9.17, 15) is 0 Å². The van der Waals surface area contributed by atoms with Crippen LogP contribution in [0.1, 0.15) is 36.8 Å². The van der Waals surface area contributed by atoms with E-state index in [0.717, 1.165) is 24.7 Å². The van der Waals surface area contributed by atoms with Gasteiger partial charge >= 0.3 is 0 Å². The Morgan fingerprint density at radius 3 is 2.60 bits per heavy atom. The third kappa shape index (κ3) is 5.40. The highest BCUT2D eigenvalue weighted by Gasteiger charge is 2.36. The second kappa shape index (κ2) is 10.3. The molecule has 1 aromatic carbocycles. The molecule has 2 saturated heterocycles. The van der Waals surface area contributed by atoms with Crippen LogP contribution in [0.25, 0.3) is 0 Å². The molecular formula is C24H32Cl2N2OS. The van der Waals surface area contributed by atoms with E-state index in [4.69, 9.17) is 27.9 Å². The molecule has 4 rings (SSSR count). The molecular weight excluding hydrogens is 435 g/mol. The minimum Gasteiger partial charge on any atom is -0.381 e. The number of ether oxygens (including phenoxy) is 1. The Labute approximate surface area is 194 Å². The van der Waals surface area contributed by atoms with Crippen LogP contribution in [-0.2, 0) is 11.3 Å². The van der Waals surface area contributed by atoms with E-state index in [-0.39, 0.29) is 0 Å². The Kier molecular flexibility index (Phi) is 7.77. The van der Waals surface area contributed by atoms with Gasteiger partial charge in [0.2, 0.25) is 0 Å². The Morgan fingerprint density at radius 1 is 1.13 bits per heavy atom. The Bertz CT molecular complexity index is 808. The van der Waals surface area contributed by atoms with Gasteiger partial charge in [-0.05, 0) is 84.8 Å². The molecule has 30 heavy (non-hydrogen) atoms. The third-order valence-corrected chi connectivity index (χ3v) is 8.35. The summed E-state index contributed by atoms with van der Waals surface area (Å²) in [5.41, 5.74) is 2.66. The molecule has 3 heterocycles. The van der Waals surface area contributed by atoms with Gasteiger partial charge in [0.25, 0.3) is 0 Å². The number of halogens is 2. The average Bonchev–Trinajstić information content (AvgIpc) is 3.40. The number of benzene rings is 1. The maximum absolute atomic E-state index is 6.46. The van der Waals surface area contributed by atoms with Crippen LogP contribution in [0.5, 0.6) is 0 Å². The third-order valence-electron chi connectivity index (χ3n) is 7.06. The molecule has 3 atom stereocenters. The average molecular weight is 468 g/mol. The van der Waals surface area contributed by atoms with E-state index < -0.39 is 0 Å². The molecule has 0 bridgehead atoms. The SMILES string of the molecule is CO[C@@H](C)C1CCN(CC2CN(Cc3ccc(Cl)cc3Cl)CC2c2ccsc2)CC1. The monoisotopic (exact) mass is 466 g/mol. The Morgan fingerprint density at radius 2 is 1.93 bits per heavy atom. The van der Waals surface area contributed by atoms with Gasteiger partial charge in [0.1, 0.15) is 0 Å². The van der Waals surface area contributed by atoms with Crippen LogP contribution < -0.4 is 0 Å². The lowest BCUT2D eigenvalue weighted by atomic mass is 9.88. The van der Waals surface area contributed by atoms with Gasteiger partial charge in [-0.1, -0.05) is 29.3 Å². The lowest BCUT2D eigenvalue weighted by Crippen LogP contribution is -2.41. The molecule has 2 aliphatic heterocycles. The molecule has 2 fully saturated rings. The van der Waals surface area contributed by atoms with Crippen LogP contribution in [0.15, 0.2) is 35.0 Å². The highest BCUT2D eigenvalue weighted by molar-refractivity contribution is 7.08. The van der Waals surface area contributed by atoms with E-state index in [2.05, 4.69) is 39.6 Å². The summed E-state index contributed by atoms with van der Waals surface area (Å²) in [5.74, 6) is 1.95. The molecule has 2 aliphatic rings. The van der Waals surface area contributed by atoms with E-state index in [1.165, 1.54) is 43.6 Å². The number of rotatable bonds is 7. The van der Waals surface area contributed by atoms with Crippen molar-refractivity contribution in [3.05, 3.63) is 56.2 Å². The Balaban J connectivity index is 1.40. The largest absolute Gasteiger partial charge is 0.381 e. The number of piperidine rings is 1. The summed E-state index contributed by atoms with van der Waals surface area (Å²) in [6.07, 6.45) is 2.86. The predicted molar refractivity (Wildman–Crippen MR) is 128 cm³/mol. The Hall–Kier alpha value is -0.620. The van der Waals surface area contributed by atoms with Crippen LogP contribution in [0, 0.1) is 11.8 Å². The summed E-state index contributed by atoms with van der Waals surface area (Å²) < 4.78 is 5.57. The maximum atomic E-state index is 6.46. The molecule has 1 aromatic heterocycles. The van der Waals surface area contributed by atoms with Crippen LogP contribution in [-0.4, -0.2) is 55.7 Å². The van der Waals surface area contributed by atoms with Gasteiger partial charge in [-0.25, -0.2) is 0 Å². The zero-order valence-electron chi connectivity index (χ0n) is 17.9. The summed E-state index contributed by atoms with van der Waals surface area (Å²) in [7, 11) is 1.84. The molecule has 0 amide bonds. The maximum Gasteiger partial charge on any atom is 0.0572 e. The lowest BCUT2D eigenvalue weighted by molar-refractivity contribution is 0.0308. The summed E-state index contributed by atoms with van der Waals surface area (Å²) >= 11 is 14.4. The van der Waals surface area contributed by atoms with Crippen LogP contribution in [0.3, 0.4) is 0 Å². The van der Waals surface area contributed by atoms with Crippen molar-refractivity contribution in [1.82, 2.24) is 9.80 Å². The predicted octanol–water partition coefficient (Wildman–Crippen LogP) is 6.02. The van der Waals surface area contributed by atoms with Crippen molar-refractivity contribution in [2.45, 2.75) is 38.3 Å². The standard InChI is InChI=1S/C24H32Cl2N2OS/c1-17(29-2)18-5-8-27(9-6-18)13-21-14-28(15-23(21)20-7-10-30-16-20)12-19-3-4-22(25)11-24(19)26/h3-4,7,10-11,16-18,21,23H,5-6,8-9,12-15H2,1-2H3/t17-,21?,23?/m0/s1. The van der Waals surface area contributed by atoms with Crippen LogP contribution in [0.2, 0.25) is 10.0 Å². The first kappa shape index (κ1) is 22.6. The molecule has 6 heteroatoms. The molecule has 2 aromatic rings. The molecule has 0 aliphatic carbocycles. The zero-order valence-corrected chi connectivity index (χ0v) is 20.2. The highest BCUT2D eigenvalue weighted by Crippen LogP contribution is 2.36. The number of nitrogens with zero attached hydrogens (tertiary/aromatic N) is 2. The van der Waals surface area contributed by atoms with Gasteiger partial charge in [0, 0.05) is 49.3 Å². The first-order valence-electron chi connectivity index (χ1n) is 11.0. The van der Waals surface area contributed by atoms with Crippen LogP contribution in [0.4, 0.5) is 0 Å². The van der Waals surface area contributed by atoms with Gasteiger partial charge in [0.15, 0.2) is 0 Å². The van der Waals surface area contributed by atoms with Crippen molar-refractivity contribution >= 4 is 34.5 Å². The number of likely N-dealkylation sites (tertiary alicyclic amines) is 2. The van der Waals surface area contributed by atoms with Crippen LogP contribution >= 0.6 is 34.5 Å². The summed E-state index contributed by atoms with van der Waals surface area (Å²) in [6, 6.07) is 8.18. The van der Waals surface area contributed by atoms with Crippen molar-refractivity contribution in [1.29, 1.82) is 0 Å². The fourth-order valence-corrected chi connectivity index (χ4v) is 6.35. The van der Waals surface area contributed by atoms with Gasteiger partial charge in [-0.3, -0.25) is 4.90 Å². The molecule has 164 valence electrons. The van der Waals surface area contributed by atoms with Crippen molar-refractivity contribution in [3.8, 4) is 0 Å². The van der Waals surface area contributed by atoms with Crippen molar-refractivity contribution < 1.29 is 4.74 Å². The van der Waals surface area contributed by atoms with E-state index in [0.29, 0.717) is 28.9 Å². The number of methoxy groups -OCH3 is 1. The topological polar surface area (TPSA) is 15.7 Å². The highest BCUT2D eigenvalue weighted by atomic mass is 35.5. The van der Waals surface area contributed by atoms with Gasteiger partial charge in [-0.2, -0.15) is 11.3 Å². The first-order valence-corrected chi connectivity index (χ1v) is 12.7. The molecule has 0 spiro atoms. The number of hydrogen-bond acceptors (Lipinski definition) is 4. The zero-order chi connectivity index (χ0) is 21.1. The van der Waals surface area contributed by atoms with Gasteiger partial charge < -0.3 is 9.64 Å². The minimum absolute atomic E-state index is 0.372. The molecule has 0 N–H and O–H groups in total. The summed E-state index contributed by atoms with van der Waals surface area (Å²) in [6.45, 7) is 8.87. The second-order valence-electron chi connectivity index (χ2n) is 8.93. The molecule has 2 unspecified atom stereocenters. The second-order valence-corrected chi connectivity index (χ2v) is 10.6. The quantitative estimate of drug-likeness (QED) is 0.496. The molecule has 3 nitrogen and oxygen atoms in total. The normalized spacial score (nSPS) is 25.1. The fourth-order valence-electron chi connectivity index (χ4n) is 5.16. The number of thiophene rings is 1. The summed E-state index contributed by atoms with van der Waals surface area (Å²) in [5, 5.41) is 6.02. The van der Waals surface area contributed by atoms with E-state index >= 15 is 0 Å².